The van der Waals surface area contributed by atoms with Crippen LogP contribution >= 0.6 is 0 Å². The zero-order valence-corrected chi connectivity index (χ0v) is 18.6. The Hall–Kier alpha value is -3.20. The Bertz CT molecular complexity index is 915. The maximum absolute atomic E-state index is 12.5. The summed E-state index contributed by atoms with van der Waals surface area (Å²) in [7, 11) is 1.94. The van der Waals surface area contributed by atoms with E-state index in [9.17, 15) is 22.8 Å². The van der Waals surface area contributed by atoms with E-state index in [1.54, 1.807) is 0 Å². The largest absolute Gasteiger partial charge is 0.473 e. The van der Waals surface area contributed by atoms with Gasteiger partial charge in [-0.1, -0.05) is 56.3 Å². The first-order valence-corrected chi connectivity index (χ1v) is 10.2. The fourth-order valence-electron chi connectivity index (χ4n) is 2.84. The molecule has 2 aromatic rings. The third kappa shape index (κ3) is 8.89. The Morgan fingerprint density at radius 3 is 2.25 bits per heavy atom. The van der Waals surface area contributed by atoms with Crippen LogP contribution in [-0.4, -0.2) is 48.4 Å². The van der Waals surface area contributed by atoms with Gasteiger partial charge in [-0.25, -0.2) is 0 Å². The number of halogens is 3. The fraction of sp³-hybridized carbons (Fsp3) is 0.348. The molecule has 2 rings (SSSR count). The van der Waals surface area contributed by atoms with Gasteiger partial charge in [-0.3, -0.25) is 9.59 Å². The molecular formula is C23H29F3N4O2. The van der Waals surface area contributed by atoms with Gasteiger partial charge in [-0.2, -0.15) is 18.2 Å². The van der Waals surface area contributed by atoms with Crippen LogP contribution in [0.25, 0.3) is 0 Å². The monoisotopic (exact) mass is 450 g/mol. The van der Waals surface area contributed by atoms with Crippen molar-refractivity contribution < 1.29 is 22.8 Å². The molecule has 32 heavy (non-hydrogen) atoms. The van der Waals surface area contributed by atoms with Gasteiger partial charge in [0.05, 0.1) is 0 Å². The van der Waals surface area contributed by atoms with Crippen molar-refractivity contribution in [2.24, 2.45) is 10.7 Å². The smallest absolute Gasteiger partial charge is 0.383 e. The molecule has 0 radical (unpaired) electrons. The molecule has 9 heteroatoms. The van der Waals surface area contributed by atoms with E-state index in [0.29, 0.717) is 6.54 Å². The minimum atomic E-state index is -5.11. The highest BCUT2D eigenvalue weighted by atomic mass is 19.4. The predicted octanol–water partition coefficient (Wildman–Crippen LogP) is 3.76. The van der Waals surface area contributed by atoms with Gasteiger partial charge in [0.15, 0.2) is 0 Å². The Morgan fingerprint density at radius 1 is 1.06 bits per heavy atom. The van der Waals surface area contributed by atoms with Crippen LogP contribution in [0.5, 0.6) is 0 Å². The Balaban J connectivity index is 0.00000249. The van der Waals surface area contributed by atoms with Crippen molar-refractivity contribution in [2.45, 2.75) is 39.5 Å². The summed E-state index contributed by atoms with van der Waals surface area (Å²) in [5, 5.41) is 2.84. The zero-order valence-electron chi connectivity index (χ0n) is 18.6. The molecule has 1 atom stereocenters. The molecule has 174 valence electrons. The minimum Gasteiger partial charge on any atom is -0.383 e. The van der Waals surface area contributed by atoms with Crippen LogP contribution in [0, 0.1) is 0 Å². The molecule has 3 N–H and O–H groups in total. The standard InChI is InChI=1S/C21H23F3N4O2.C2H6/c1-14(12-28(2)13-15-7-4-3-5-8-15)26-19(29)17-10-6-9-16(11-17)18(25)27-20(30)21(22,23)24;1-2/h3-11,14H,12-13H2,1-2H3,(H,26,29)(H2,25,27,30);1-2H3/t14-;/m1./s1. The molecule has 2 aromatic carbocycles. The van der Waals surface area contributed by atoms with Crippen LogP contribution in [0.1, 0.15) is 42.3 Å². The van der Waals surface area contributed by atoms with Crippen LogP contribution in [0.4, 0.5) is 13.2 Å². The number of hydrogen-bond donors (Lipinski definition) is 2. The van der Waals surface area contributed by atoms with E-state index in [4.69, 9.17) is 5.73 Å². The molecule has 0 aliphatic heterocycles. The van der Waals surface area contributed by atoms with Crippen LogP contribution < -0.4 is 11.1 Å². The Labute approximate surface area is 186 Å². The molecule has 2 amide bonds. The van der Waals surface area contributed by atoms with Gasteiger partial charge in [0.1, 0.15) is 5.84 Å². The minimum absolute atomic E-state index is 0.0501. The Morgan fingerprint density at radius 2 is 1.66 bits per heavy atom. The molecule has 0 saturated heterocycles. The number of nitrogens with zero attached hydrogens (tertiary/aromatic N) is 2. The van der Waals surface area contributed by atoms with Crippen LogP contribution in [0.15, 0.2) is 59.6 Å². The summed E-state index contributed by atoms with van der Waals surface area (Å²) < 4.78 is 37.0. The second-order valence-electron chi connectivity index (χ2n) is 6.94. The summed E-state index contributed by atoms with van der Waals surface area (Å²) in [6.07, 6.45) is -5.11. The van der Waals surface area contributed by atoms with Crippen molar-refractivity contribution in [3.63, 3.8) is 0 Å². The molecule has 0 aromatic heterocycles. The summed E-state index contributed by atoms with van der Waals surface area (Å²) in [5.74, 6) is -3.32. The number of nitrogens with two attached hydrogens (primary N) is 1. The van der Waals surface area contributed by atoms with Gasteiger partial charge < -0.3 is 16.0 Å². The first-order chi connectivity index (χ1) is 15.1. The summed E-state index contributed by atoms with van der Waals surface area (Å²) in [6.45, 7) is 7.15. The van der Waals surface area contributed by atoms with E-state index in [2.05, 4.69) is 15.2 Å². The number of likely N-dealkylation sites (N-methyl/N-ethyl adjacent to an activating group) is 1. The third-order valence-corrected chi connectivity index (χ3v) is 4.14. The van der Waals surface area contributed by atoms with Gasteiger partial charge in [0.2, 0.25) is 0 Å². The number of nitrogens with one attached hydrogen (secondary N) is 1. The van der Waals surface area contributed by atoms with Gasteiger partial charge in [0.25, 0.3) is 5.91 Å². The molecule has 0 aliphatic rings. The number of rotatable bonds is 7. The summed E-state index contributed by atoms with van der Waals surface area (Å²) >= 11 is 0. The molecule has 0 aliphatic carbocycles. The van der Waals surface area contributed by atoms with Crippen molar-refractivity contribution >= 4 is 17.6 Å². The van der Waals surface area contributed by atoms with Crippen molar-refractivity contribution in [2.75, 3.05) is 13.6 Å². The average Bonchev–Trinajstić information content (AvgIpc) is 2.75. The molecule has 0 bridgehead atoms. The first kappa shape index (κ1) is 26.8. The molecule has 0 unspecified atom stereocenters. The van der Waals surface area contributed by atoms with Gasteiger partial charge >= 0.3 is 12.1 Å². The highest BCUT2D eigenvalue weighted by Gasteiger charge is 2.38. The lowest BCUT2D eigenvalue weighted by Gasteiger charge is -2.22. The fourth-order valence-corrected chi connectivity index (χ4v) is 2.84. The highest BCUT2D eigenvalue weighted by molar-refractivity contribution is 6.06. The topological polar surface area (TPSA) is 87.8 Å². The maximum Gasteiger partial charge on any atom is 0.473 e. The van der Waals surface area contributed by atoms with Crippen molar-refractivity contribution in [1.29, 1.82) is 0 Å². The number of benzene rings is 2. The van der Waals surface area contributed by atoms with E-state index in [-0.39, 0.29) is 17.2 Å². The highest BCUT2D eigenvalue weighted by Crippen LogP contribution is 2.17. The SMILES string of the molecule is CC.C[C@H](CN(C)Cc1ccccc1)NC(=O)c1cccc(C(N)=NC(=O)C(F)(F)F)c1. The normalized spacial score (nSPS) is 12.6. The predicted molar refractivity (Wildman–Crippen MR) is 119 cm³/mol. The molecule has 0 saturated carbocycles. The van der Waals surface area contributed by atoms with Crippen LogP contribution in [-0.2, 0) is 11.3 Å². The van der Waals surface area contributed by atoms with Gasteiger partial charge in [-0.15, -0.1) is 0 Å². The van der Waals surface area contributed by atoms with Crippen LogP contribution in [0.2, 0.25) is 0 Å². The van der Waals surface area contributed by atoms with E-state index < -0.39 is 23.8 Å². The lowest BCUT2D eigenvalue weighted by atomic mass is 10.1. The average molecular weight is 451 g/mol. The first-order valence-electron chi connectivity index (χ1n) is 10.2. The maximum atomic E-state index is 12.5. The Kier molecular flexibility index (Phi) is 10.6. The summed E-state index contributed by atoms with van der Waals surface area (Å²) in [4.78, 5) is 28.4. The number of aliphatic imine (C=N–C) groups is 1. The second kappa shape index (κ2) is 12.6. The number of amides is 2. The van der Waals surface area contributed by atoms with E-state index >= 15 is 0 Å². The van der Waals surface area contributed by atoms with Gasteiger partial charge in [0, 0.05) is 30.3 Å². The van der Waals surface area contributed by atoms with Crippen molar-refractivity contribution in [1.82, 2.24) is 10.2 Å². The number of carbonyl (C=O) groups excluding carboxylic acids is 2. The third-order valence-electron chi connectivity index (χ3n) is 4.14. The molecule has 0 spiro atoms. The van der Waals surface area contributed by atoms with E-state index in [0.717, 1.165) is 12.1 Å². The van der Waals surface area contributed by atoms with E-state index in [1.165, 1.54) is 24.3 Å². The lowest BCUT2D eigenvalue weighted by Crippen LogP contribution is -2.40. The number of hydrogen-bond acceptors (Lipinski definition) is 3. The zero-order chi connectivity index (χ0) is 24.3. The lowest BCUT2D eigenvalue weighted by molar-refractivity contribution is -0.169. The van der Waals surface area contributed by atoms with Crippen molar-refractivity contribution in [3.8, 4) is 0 Å². The second-order valence-corrected chi connectivity index (χ2v) is 6.94. The van der Waals surface area contributed by atoms with E-state index in [1.807, 2.05) is 58.2 Å². The molecule has 0 fully saturated rings. The van der Waals surface area contributed by atoms with Gasteiger partial charge in [-0.05, 0) is 31.7 Å². The number of carbonyl (C=O) groups is 2. The summed E-state index contributed by atoms with van der Waals surface area (Å²) in [6, 6.07) is 15.3. The van der Waals surface area contributed by atoms with Crippen LogP contribution in [0.3, 0.4) is 0 Å². The van der Waals surface area contributed by atoms with Crippen molar-refractivity contribution in [3.05, 3.63) is 71.3 Å². The molecular weight excluding hydrogens is 421 g/mol. The quantitative estimate of drug-likeness (QED) is 0.497. The number of amidine groups is 1. The molecule has 0 heterocycles. The number of alkyl halides is 3. The summed E-state index contributed by atoms with van der Waals surface area (Å²) in [5.41, 5.74) is 6.89. The molecule has 6 nitrogen and oxygen atoms in total.